The molecule has 1 amide bonds. The van der Waals surface area contributed by atoms with E-state index in [2.05, 4.69) is 10.2 Å². The number of carbonyl (C=O) groups excluding carboxylic acids is 1. The van der Waals surface area contributed by atoms with Crippen molar-refractivity contribution in [3.8, 4) is 11.5 Å². The van der Waals surface area contributed by atoms with Gasteiger partial charge in [-0.2, -0.15) is 0 Å². The number of nitrogens with zero attached hydrogens (tertiary/aromatic N) is 1. The summed E-state index contributed by atoms with van der Waals surface area (Å²) in [5, 5.41) is 3.60. The van der Waals surface area contributed by atoms with Gasteiger partial charge in [0.15, 0.2) is 11.5 Å². The van der Waals surface area contributed by atoms with Crippen LogP contribution in [0.15, 0.2) is 42.5 Å². The summed E-state index contributed by atoms with van der Waals surface area (Å²) in [6, 6.07) is 12.6. The molecule has 2 rings (SSSR count). The third kappa shape index (κ3) is 6.24. The second kappa shape index (κ2) is 10.0. The number of halogens is 1. The second-order valence-electron chi connectivity index (χ2n) is 6.19. The molecule has 0 heterocycles. The van der Waals surface area contributed by atoms with Crippen molar-refractivity contribution in [3.05, 3.63) is 58.6 Å². The fourth-order valence-electron chi connectivity index (χ4n) is 2.37. The van der Waals surface area contributed by atoms with Gasteiger partial charge in [-0.05, 0) is 63.0 Å². The minimum atomic E-state index is -0.119. The number of ether oxygens (including phenoxy) is 2. The topological polar surface area (TPSA) is 50.8 Å². The predicted molar refractivity (Wildman–Crippen MR) is 104 cm³/mol. The van der Waals surface area contributed by atoms with E-state index < -0.39 is 0 Å². The molecule has 6 heteroatoms. The van der Waals surface area contributed by atoms with E-state index >= 15 is 0 Å². The van der Waals surface area contributed by atoms with Crippen LogP contribution in [0, 0.1) is 0 Å². The lowest BCUT2D eigenvalue weighted by Crippen LogP contribution is -2.27. The summed E-state index contributed by atoms with van der Waals surface area (Å²) in [4.78, 5) is 14.3. The molecule has 0 spiro atoms. The minimum Gasteiger partial charge on any atom is -0.493 e. The standard InChI is InChI=1S/C20H25ClN2O3/c1-23(2)12-4-11-22-20(24)16-7-10-18(19(13-16)25-3)26-14-15-5-8-17(21)9-6-15/h5-10,13H,4,11-12,14H2,1-3H3,(H,22,24). The Morgan fingerprint density at radius 2 is 1.85 bits per heavy atom. The lowest BCUT2D eigenvalue weighted by molar-refractivity contribution is 0.0952. The highest BCUT2D eigenvalue weighted by Crippen LogP contribution is 2.29. The Labute approximate surface area is 159 Å². The summed E-state index contributed by atoms with van der Waals surface area (Å²) >= 11 is 5.88. The van der Waals surface area contributed by atoms with Gasteiger partial charge in [0.2, 0.25) is 0 Å². The van der Waals surface area contributed by atoms with Crippen LogP contribution in [0.25, 0.3) is 0 Å². The smallest absolute Gasteiger partial charge is 0.251 e. The number of nitrogens with one attached hydrogen (secondary N) is 1. The van der Waals surface area contributed by atoms with Gasteiger partial charge in [-0.3, -0.25) is 4.79 Å². The Morgan fingerprint density at radius 1 is 1.12 bits per heavy atom. The van der Waals surface area contributed by atoms with Gasteiger partial charge in [0.25, 0.3) is 5.91 Å². The van der Waals surface area contributed by atoms with E-state index in [-0.39, 0.29) is 5.91 Å². The van der Waals surface area contributed by atoms with Crippen molar-refractivity contribution in [2.75, 3.05) is 34.3 Å². The molecular weight excluding hydrogens is 352 g/mol. The molecule has 26 heavy (non-hydrogen) atoms. The summed E-state index contributed by atoms with van der Waals surface area (Å²) in [6.45, 7) is 1.96. The summed E-state index contributed by atoms with van der Waals surface area (Å²) in [7, 11) is 5.58. The molecule has 0 aliphatic carbocycles. The van der Waals surface area contributed by atoms with E-state index in [9.17, 15) is 4.79 Å². The van der Waals surface area contributed by atoms with Crippen molar-refractivity contribution < 1.29 is 14.3 Å². The van der Waals surface area contributed by atoms with Crippen molar-refractivity contribution in [1.82, 2.24) is 10.2 Å². The number of methoxy groups -OCH3 is 1. The van der Waals surface area contributed by atoms with Gasteiger partial charge in [-0.25, -0.2) is 0 Å². The zero-order chi connectivity index (χ0) is 18.9. The average Bonchev–Trinajstić information content (AvgIpc) is 2.64. The van der Waals surface area contributed by atoms with Crippen molar-refractivity contribution in [1.29, 1.82) is 0 Å². The van der Waals surface area contributed by atoms with Crippen LogP contribution in [0.1, 0.15) is 22.3 Å². The maximum atomic E-state index is 12.2. The maximum Gasteiger partial charge on any atom is 0.251 e. The molecule has 0 atom stereocenters. The Morgan fingerprint density at radius 3 is 2.50 bits per heavy atom. The molecule has 0 aromatic heterocycles. The van der Waals surface area contributed by atoms with Gasteiger partial charge in [-0.15, -0.1) is 0 Å². The molecule has 0 saturated carbocycles. The van der Waals surface area contributed by atoms with Crippen LogP contribution < -0.4 is 14.8 Å². The van der Waals surface area contributed by atoms with E-state index in [4.69, 9.17) is 21.1 Å². The molecule has 0 unspecified atom stereocenters. The number of hydrogen-bond acceptors (Lipinski definition) is 4. The zero-order valence-electron chi connectivity index (χ0n) is 15.4. The molecule has 1 N–H and O–H groups in total. The lowest BCUT2D eigenvalue weighted by Gasteiger charge is -2.13. The number of carbonyl (C=O) groups is 1. The Balaban J connectivity index is 1.95. The van der Waals surface area contributed by atoms with E-state index in [1.807, 2.05) is 38.4 Å². The van der Waals surface area contributed by atoms with E-state index in [0.717, 1.165) is 18.5 Å². The van der Waals surface area contributed by atoms with Gasteiger partial charge in [0.1, 0.15) is 6.61 Å². The van der Waals surface area contributed by atoms with E-state index in [0.29, 0.717) is 35.2 Å². The largest absolute Gasteiger partial charge is 0.493 e. The predicted octanol–water partition coefficient (Wildman–Crippen LogP) is 3.61. The number of rotatable bonds is 9. The van der Waals surface area contributed by atoms with Crippen molar-refractivity contribution in [2.45, 2.75) is 13.0 Å². The summed E-state index contributed by atoms with van der Waals surface area (Å²) in [6.07, 6.45) is 0.901. The van der Waals surface area contributed by atoms with Gasteiger partial charge in [0.05, 0.1) is 7.11 Å². The van der Waals surface area contributed by atoms with Crippen LogP contribution in [0.2, 0.25) is 5.02 Å². The third-order valence-electron chi connectivity index (χ3n) is 3.80. The number of hydrogen-bond donors (Lipinski definition) is 1. The molecular formula is C20H25ClN2O3. The molecule has 0 bridgehead atoms. The van der Waals surface area contributed by atoms with Crippen LogP contribution >= 0.6 is 11.6 Å². The summed E-state index contributed by atoms with van der Waals surface area (Å²) < 4.78 is 11.2. The van der Waals surface area contributed by atoms with Crippen molar-refractivity contribution in [3.63, 3.8) is 0 Å². The molecule has 5 nitrogen and oxygen atoms in total. The third-order valence-corrected chi connectivity index (χ3v) is 4.05. The van der Waals surface area contributed by atoms with Crippen molar-refractivity contribution in [2.24, 2.45) is 0 Å². The molecule has 2 aromatic carbocycles. The molecule has 2 aromatic rings. The van der Waals surface area contributed by atoms with E-state index in [1.54, 1.807) is 25.3 Å². The van der Waals surface area contributed by atoms with Crippen molar-refractivity contribution >= 4 is 17.5 Å². The molecule has 0 radical (unpaired) electrons. The molecule has 0 saturated heterocycles. The maximum absolute atomic E-state index is 12.2. The first-order valence-corrected chi connectivity index (χ1v) is 8.85. The fourth-order valence-corrected chi connectivity index (χ4v) is 2.50. The Hall–Kier alpha value is -2.24. The first-order chi connectivity index (χ1) is 12.5. The SMILES string of the molecule is COc1cc(C(=O)NCCCN(C)C)ccc1OCc1ccc(Cl)cc1. The fraction of sp³-hybridized carbons (Fsp3) is 0.350. The average molecular weight is 377 g/mol. The molecule has 140 valence electrons. The summed E-state index contributed by atoms with van der Waals surface area (Å²) in [5.41, 5.74) is 1.55. The van der Waals surface area contributed by atoms with Crippen LogP contribution in [0.3, 0.4) is 0 Å². The zero-order valence-corrected chi connectivity index (χ0v) is 16.2. The van der Waals surface area contributed by atoms with Gasteiger partial charge >= 0.3 is 0 Å². The quantitative estimate of drug-likeness (QED) is 0.679. The summed E-state index contributed by atoms with van der Waals surface area (Å²) in [5.74, 6) is 0.998. The van der Waals surface area contributed by atoms with Crippen LogP contribution in [0.5, 0.6) is 11.5 Å². The van der Waals surface area contributed by atoms with Crippen LogP contribution in [-0.2, 0) is 6.61 Å². The van der Waals surface area contributed by atoms with Gasteiger partial charge < -0.3 is 19.7 Å². The van der Waals surface area contributed by atoms with E-state index in [1.165, 1.54) is 0 Å². The monoisotopic (exact) mass is 376 g/mol. The first kappa shape index (κ1) is 20.1. The van der Waals surface area contributed by atoms with Crippen LogP contribution in [0.4, 0.5) is 0 Å². The van der Waals surface area contributed by atoms with Crippen LogP contribution in [-0.4, -0.2) is 45.1 Å². The normalized spacial score (nSPS) is 10.7. The lowest BCUT2D eigenvalue weighted by atomic mass is 10.2. The van der Waals surface area contributed by atoms with Gasteiger partial charge in [0, 0.05) is 17.1 Å². The molecule has 0 aliphatic heterocycles. The molecule has 0 aliphatic rings. The number of amides is 1. The highest BCUT2D eigenvalue weighted by molar-refractivity contribution is 6.30. The highest BCUT2D eigenvalue weighted by Gasteiger charge is 2.11. The Kier molecular flexibility index (Phi) is 7.75. The molecule has 0 fully saturated rings. The second-order valence-corrected chi connectivity index (χ2v) is 6.63. The first-order valence-electron chi connectivity index (χ1n) is 8.48. The Bertz CT molecular complexity index is 717. The minimum absolute atomic E-state index is 0.119. The van der Waals surface area contributed by atoms with Gasteiger partial charge in [-0.1, -0.05) is 23.7 Å². The highest BCUT2D eigenvalue weighted by atomic mass is 35.5. The number of benzene rings is 2.